The molecule has 144 valence electrons. The normalized spacial score (nSPS) is 11.3. The van der Waals surface area contributed by atoms with Crippen LogP contribution in [0.25, 0.3) is 0 Å². The first-order chi connectivity index (χ1) is 13.1. The molecule has 0 aliphatic heterocycles. The molecular weight excluding hydrogens is 340 g/mol. The maximum atomic E-state index is 13.1. The number of carbonyl (C=O) groups is 2. The lowest BCUT2D eigenvalue weighted by atomic mass is 9.68. The van der Waals surface area contributed by atoms with Crippen molar-refractivity contribution in [3.63, 3.8) is 0 Å². The van der Waals surface area contributed by atoms with Crippen molar-refractivity contribution in [1.29, 1.82) is 0 Å². The van der Waals surface area contributed by atoms with Crippen molar-refractivity contribution < 1.29 is 19.1 Å². The number of para-hydroxylation sites is 2. The second-order valence-electron chi connectivity index (χ2n) is 6.72. The van der Waals surface area contributed by atoms with Gasteiger partial charge in [-0.3, -0.25) is 9.59 Å². The van der Waals surface area contributed by atoms with Gasteiger partial charge < -0.3 is 9.47 Å². The Morgan fingerprint density at radius 2 is 1.19 bits per heavy atom. The fourth-order valence-electron chi connectivity index (χ4n) is 3.58. The first-order valence-electron chi connectivity index (χ1n) is 9.59. The highest BCUT2D eigenvalue weighted by Gasteiger charge is 2.47. The van der Waals surface area contributed by atoms with E-state index in [1.165, 1.54) is 0 Å². The van der Waals surface area contributed by atoms with Gasteiger partial charge in [0.2, 0.25) is 0 Å². The second-order valence-corrected chi connectivity index (χ2v) is 6.72. The summed E-state index contributed by atoms with van der Waals surface area (Å²) in [4.78, 5) is 26.1. The predicted octanol–water partition coefficient (Wildman–Crippen LogP) is 5.42. The number of carbonyl (C=O) groups excluding carboxylic acids is 2. The summed E-state index contributed by atoms with van der Waals surface area (Å²) in [6, 6.07) is 17.7. The van der Waals surface area contributed by atoms with E-state index in [0.29, 0.717) is 24.3 Å². The zero-order valence-electron chi connectivity index (χ0n) is 16.3. The zero-order chi connectivity index (χ0) is 19.7. The van der Waals surface area contributed by atoms with E-state index in [9.17, 15) is 9.59 Å². The molecular formula is C23H28O4. The Labute approximate surface area is 161 Å². The SMILES string of the molecule is CCCC(CC)(CC)C(C(=O)Oc1ccccc1)C(=O)Oc1ccccc1. The van der Waals surface area contributed by atoms with Crippen LogP contribution in [-0.2, 0) is 9.59 Å². The largest absolute Gasteiger partial charge is 0.426 e. The minimum absolute atomic E-state index is 0.428. The summed E-state index contributed by atoms with van der Waals surface area (Å²) in [5, 5.41) is 0. The molecule has 0 saturated carbocycles. The number of esters is 2. The van der Waals surface area contributed by atoms with E-state index in [4.69, 9.17) is 9.47 Å². The lowest BCUT2D eigenvalue weighted by Gasteiger charge is -2.36. The van der Waals surface area contributed by atoms with Gasteiger partial charge in [0.1, 0.15) is 11.5 Å². The Balaban J connectivity index is 2.34. The molecule has 0 fully saturated rings. The van der Waals surface area contributed by atoms with Crippen LogP contribution < -0.4 is 9.47 Å². The highest BCUT2D eigenvalue weighted by molar-refractivity contribution is 5.97. The topological polar surface area (TPSA) is 52.6 Å². The van der Waals surface area contributed by atoms with Gasteiger partial charge in [0.15, 0.2) is 5.92 Å². The van der Waals surface area contributed by atoms with Crippen LogP contribution in [0.5, 0.6) is 11.5 Å². The van der Waals surface area contributed by atoms with Gasteiger partial charge in [0.05, 0.1) is 0 Å². The first kappa shape index (κ1) is 20.7. The van der Waals surface area contributed by atoms with E-state index < -0.39 is 23.3 Å². The molecule has 0 bridgehead atoms. The molecule has 0 spiro atoms. The van der Waals surface area contributed by atoms with Crippen LogP contribution in [-0.4, -0.2) is 11.9 Å². The van der Waals surface area contributed by atoms with Crippen molar-refractivity contribution in [1.82, 2.24) is 0 Å². The van der Waals surface area contributed by atoms with Gasteiger partial charge in [-0.1, -0.05) is 63.6 Å². The van der Waals surface area contributed by atoms with Crippen molar-refractivity contribution >= 4 is 11.9 Å². The van der Waals surface area contributed by atoms with Crippen LogP contribution in [0, 0.1) is 11.3 Å². The average molecular weight is 368 g/mol. The molecule has 0 heterocycles. The Kier molecular flexibility index (Phi) is 7.59. The van der Waals surface area contributed by atoms with Crippen molar-refractivity contribution in [2.75, 3.05) is 0 Å². The van der Waals surface area contributed by atoms with Crippen LogP contribution in [0.15, 0.2) is 60.7 Å². The predicted molar refractivity (Wildman–Crippen MR) is 106 cm³/mol. The molecule has 0 atom stereocenters. The third-order valence-corrected chi connectivity index (χ3v) is 5.16. The van der Waals surface area contributed by atoms with Crippen LogP contribution in [0.1, 0.15) is 46.5 Å². The van der Waals surface area contributed by atoms with E-state index >= 15 is 0 Å². The quantitative estimate of drug-likeness (QED) is 0.337. The van der Waals surface area contributed by atoms with Crippen LogP contribution in [0.2, 0.25) is 0 Å². The Morgan fingerprint density at radius 3 is 1.52 bits per heavy atom. The molecule has 0 unspecified atom stereocenters. The monoisotopic (exact) mass is 368 g/mol. The maximum Gasteiger partial charge on any atom is 0.326 e. The van der Waals surface area contributed by atoms with E-state index in [0.717, 1.165) is 12.8 Å². The molecule has 0 aliphatic rings. The minimum Gasteiger partial charge on any atom is -0.426 e. The smallest absolute Gasteiger partial charge is 0.326 e. The highest BCUT2D eigenvalue weighted by Crippen LogP contribution is 2.41. The summed E-state index contributed by atoms with van der Waals surface area (Å²) in [5.41, 5.74) is -0.494. The molecule has 4 heteroatoms. The van der Waals surface area contributed by atoms with E-state index in [2.05, 4.69) is 6.92 Å². The average Bonchev–Trinajstić information content (AvgIpc) is 2.69. The summed E-state index contributed by atoms with van der Waals surface area (Å²) >= 11 is 0. The molecule has 0 amide bonds. The molecule has 4 nitrogen and oxygen atoms in total. The lowest BCUT2D eigenvalue weighted by Crippen LogP contribution is -2.44. The van der Waals surface area contributed by atoms with Gasteiger partial charge in [-0.15, -0.1) is 0 Å². The second kappa shape index (κ2) is 9.91. The Morgan fingerprint density at radius 1 is 0.778 bits per heavy atom. The third-order valence-electron chi connectivity index (χ3n) is 5.16. The van der Waals surface area contributed by atoms with Crippen molar-refractivity contribution in [2.24, 2.45) is 11.3 Å². The van der Waals surface area contributed by atoms with Crippen LogP contribution in [0.4, 0.5) is 0 Å². The number of hydrogen-bond donors (Lipinski definition) is 0. The summed E-state index contributed by atoms with van der Waals surface area (Å²) < 4.78 is 11.1. The summed E-state index contributed by atoms with van der Waals surface area (Å²) in [5.74, 6) is -1.23. The van der Waals surface area contributed by atoms with Gasteiger partial charge in [-0.05, 0) is 48.9 Å². The molecule has 0 N–H and O–H groups in total. The highest BCUT2D eigenvalue weighted by atomic mass is 16.6. The molecule has 0 aliphatic carbocycles. The molecule has 0 aromatic heterocycles. The van der Waals surface area contributed by atoms with Gasteiger partial charge >= 0.3 is 11.9 Å². The summed E-state index contributed by atoms with van der Waals surface area (Å²) in [6.45, 7) is 6.08. The Bertz CT molecular complexity index is 667. The van der Waals surface area contributed by atoms with Gasteiger partial charge in [-0.2, -0.15) is 0 Å². The van der Waals surface area contributed by atoms with Gasteiger partial charge in [0.25, 0.3) is 0 Å². The number of rotatable bonds is 9. The summed E-state index contributed by atoms with van der Waals surface area (Å²) in [7, 11) is 0. The van der Waals surface area contributed by atoms with Crippen LogP contribution >= 0.6 is 0 Å². The van der Waals surface area contributed by atoms with Gasteiger partial charge in [-0.25, -0.2) is 0 Å². The van der Waals surface area contributed by atoms with Crippen LogP contribution in [0.3, 0.4) is 0 Å². The molecule has 2 aromatic carbocycles. The fourth-order valence-corrected chi connectivity index (χ4v) is 3.58. The molecule has 2 aromatic rings. The molecule has 0 saturated heterocycles. The fraction of sp³-hybridized carbons (Fsp3) is 0.391. The van der Waals surface area contributed by atoms with E-state index in [1.54, 1.807) is 48.5 Å². The zero-order valence-corrected chi connectivity index (χ0v) is 16.3. The summed E-state index contributed by atoms with van der Waals surface area (Å²) in [6.07, 6.45) is 3.00. The molecule has 0 radical (unpaired) electrons. The van der Waals surface area contributed by atoms with Crippen molar-refractivity contribution in [3.05, 3.63) is 60.7 Å². The van der Waals surface area contributed by atoms with E-state index in [-0.39, 0.29) is 0 Å². The van der Waals surface area contributed by atoms with Crippen molar-refractivity contribution in [3.8, 4) is 11.5 Å². The third kappa shape index (κ3) is 5.19. The standard InChI is InChI=1S/C23H28O4/c1-4-17-23(5-2,6-3)20(21(24)26-18-13-9-7-10-14-18)22(25)27-19-15-11-8-12-16-19/h7-16,20H,4-6,17H2,1-3H3. The van der Waals surface area contributed by atoms with Crippen molar-refractivity contribution in [2.45, 2.75) is 46.5 Å². The number of ether oxygens (including phenoxy) is 2. The van der Waals surface area contributed by atoms with E-state index in [1.807, 2.05) is 26.0 Å². The number of hydrogen-bond acceptors (Lipinski definition) is 4. The first-order valence-corrected chi connectivity index (χ1v) is 9.59. The molecule has 2 rings (SSSR count). The maximum absolute atomic E-state index is 13.1. The van der Waals surface area contributed by atoms with Gasteiger partial charge in [0, 0.05) is 0 Å². The number of benzene rings is 2. The molecule has 27 heavy (non-hydrogen) atoms. The Hall–Kier alpha value is -2.62. The minimum atomic E-state index is -0.979. The lowest BCUT2D eigenvalue weighted by molar-refractivity contribution is -0.159.